The first-order chi connectivity index (χ1) is 13.9. The standard InChI is InChI=1S/C19H21N3O5S2/c23-18-12-27-17-6-5-15(9-16(17)21-18)29(25,26)22-7-1-3-13(11-22)19(24)20-10-14-4-2-8-28-14/h2,4-6,8-9,13H,1,3,7,10-12H2,(H,20,24)(H,21,23). The fourth-order valence-corrected chi connectivity index (χ4v) is 5.67. The third-order valence-electron chi connectivity index (χ3n) is 4.99. The van der Waals surface area contributed by atoms with Gasteiger partial charge in [0.2, 0.25) is 15.9 Å². The number of piperidine rings is 1. The zero-order chi connectivity index (χ0) is 20.4. The predicted molar refractivity (Wildman–Crippen MR) is 108 cm³/mol. The van der Waals surface area contributed by atoms with E-state index in [9.17, 15) is 18.0 Å². The molecule has 154 valence electrons. The van der Waals surface area contributed by atoms with Crippen LogP contribution in [0.1, 0.15) is 17.7 Å². The predicted octanol–water partition coefficient (Wildman–Crippen LogP) is 1.80. The number of carbonyl (C=O) groups excluding carboxylic acids is 2. The fourth-order valence-electron chi connectivity index (χ4n) is 3.48. The van der Waals surface area contributed by atoms with Crippen LogP contribution in [0, 0.1) is 5.92 Å². The van der Waals surface area contributed by atoms with E-state index in [0.717, 1.165) is 4.88 Å². The molecule has 1 fully saturated rings. The molecule has 8 nitrogen and oxygen atoms in total. The molecule has 2 aliphatic heterocycles. The van der Waals surface area contributed by atoms with Crippen molar-refractivity contribution in [2.24, 2.45) is 5.92 Å². The van der Waals surface area contributed by atoms with E-state index in [4.69, 9.17) is 4.74 Å². The Morgan fingerprint density at radius 1 is 1.34 bits per heavy atom. The molecule has 29 heavy (non-hydrogen) atoms. The zero-order valence-electron chi connectivity index (χ0n) is 15.6. The van der Waals surface area contributed by atoms with Gasteiger partial charge in [0, 0.05) is 18.0 Å². The molecule has 3 heterocycles. The zero-order valence-corrected chi connectivity index (χ0v) is 17.2. The summed E-state index contributed by atoms with van der Waals surface area (Å²) in [6.45, 7) is 0.854. The highest BCUT2D eigenvalue weighted by Crippen LogP contribution is 2.32. The van der Waals surface area contributed by atoms with Gasteiger partial charge in [-0.1, -0.05) is 6.07 Å². The molecule has 2 aromatic rings. The Hall–Kier alpha value is -2.43. The fraction of sp³-hybridized carbons (Fsp3) is 0.368. The monoisotopic (exact) mass is 435 g/mol. The minimum absolute atomic E-state index is 0.0710. The van der Waals surface area contributed by atoms with E-state index in [1.165, 1.54) is 22.5 Å². The Balaban J connectivity index is 1.46. The summed E-state index contributed by atoms with van der Waals surface area (Å²) in [5.41, 5.74) is 0.338. The summed E-state index contributed by atoms with van der Waals surface area (Å²) in [6, 6.07) is 8.28. The number of ether oxygens (including phenoxy) is 1. The van der Waals surface area contributed by atoms with E-state index >= 15 is 0 Å². The molecule has 2 amide bonds. The van der Waals surface area contributed by atoms with Crippen LogP contribution in [-0.2, 0) is 26.2 Å². The van der Waals surface area contributed by atoms with Crippen molar-refractivity contribution >= 4 is 38.9 Å². The maximum absolute atomic E-state index is 13.1. The van der Waals surface area contributed by atoms with Crippen molar-refractivity contribution in [2.75, 3.05) is 25.0 Å². The van der Waals surface area contributed by atoms with Crippen LogP contribution >= 0.6 is 11.3 Å². The first-order valence-corrected chi connectivity index (χ1v) is 11.6. The molecule has 0 aliphatic carbocycles. The number of carbonyl (C=O) groups is 2. The van der Waals surface area contributed by atoms with Gasteiger partial charge in [0.1, 0.15) is 5.75 Å². The third kappa shape index (κ3) is 4.29. The van der Waals surface area contributed by atoms with Gasteiger partial charge in [-0.3, -0.25) is 9.59 Å². The van der Waals surface area contributed by atoms with Crippen molar-refractivity contribution in [3.8, 4) is 5.75 Å². The number of nitrogens with zero attached hydrogens (tertiary/aromatic N) is 1. The van der Waals surface area contributed by atoms with Gasteiger partial charge in [0.15, 0.2) is 6.61 Å². The van der Waals surface area contributed by atoms with Gasteiger partial charge in [-0.15, -0.1) is 11.3 Å². The molecule has 10 heteroatoms. The molecular formula is C19H21N3O5S2. The Morgan fingerprint density at radius 2 is 2.21 bits per heavy atom. The van der Waals surface area contributed by atoms with Gasteiger partial charge in [0.25, 0.3) is 5.91 Å². The van der Waals surface area contributed by atoms with Crippen LogP contribution in [0.3, 0.4) is 0 Å². The van der Waals surface area contributed by atoms with Crippen molar-refractivity contribution in [1.29, 1.82) is 0 Å². The van der Waals surface area contributed by atoms with Crippen molar-refractivity contribution in [2.45, 2.75) is 24.3 Å². The highest BCUT2D eigenvalue weighted by Gasteiger charge is 2.34. The average Bonchev–Trinajstić information content (AvgIpc) is 3.25. The van der Waals surface area contributed by atoms with Crippen LogP contribution in [0.5, 0.6) is 5.75 Å². The maximum atomic E-state index is 13.1. The van der Waals surface area contributed by atoms with E-state index in [1.54, 1.807) is 11.3 Å². The Kier molecular flexibility index (Phi) is 5.57. The average molecular weight is 436 g/mol. The quantitative estimate of drug-likeness (QED) is 0.745. The molecule has 4 rings (SSSR count). The first kappa shape index (κ1) is 19.9. The number of hydrogen-bond donors (Lipinski definition) is 2. The summed E-state index contributed by atoms with van der Waals surface area (Å²) in [6.07, 6.45) is 1.26. The van der Waals surface area contributed by atoms with Crippen LogP contribution in [0.15, 0.2) is 40.6 Å². The van der Waals surface area contributed by atoms with Crippen LogP contribution < -0.4 is 15.4 Å². The second-order valence-corrected chi connectivity index (χ2v) is 9.96. The molecule has 0 spiro atoms. The lowest BCUT2D eigenvalue weighted by Gasteiger charge is -2.31. The largest absolute Gasteiger partial charge is 0.482 e. The Morgan fingerprint density at radius 3 is 3.00 bits per heavy atom. The van der Waals surface area contributed by atoms with E-state index < -0.39 is 10.0 Å². The van der Waals surface area contributed by atoms with Crippen molar-refractivity contribution in [3.05, 3.63) is 40.6 Å². The summed E-state index contributed by atoms with van der Waals surface area (Å²) >= 11 is 1.56. The minimum atomic E-state index is -3.79. The van der Waals surface area contributed by atoms with Gasteiger partial charge in [0.05, 0.1) is 23.0 Å². The third-order valence-corrected chi connectivity index (χ3v) is 7.73. The second-order valence-electron chi connectivity index (χ2n) is 6.99. The normalized spacial score (nSPS) is 19.7. The van der Waals surface area contributed by atoms with Crippen molar-refractivity contribution in [1.82, 2.24) is 9.62 Å². The lowest BCUT2D eigenvalue weighted by atomic mass is 9.99. The molecule has 0 bridgehead atoms. The number of thiophene rings is 1. The lowest BCUT2D eigenvalue weighted by molar-refractivity contribution is -0.126. The van der Waals surface area contributed by atoms with Gasteiger partial charge >= 0.3 is 0 Å². The number of nitrogens with one attached hydrogen (secondary N) is 2. The minimum Gasteiger partial charge on any atom is -0.482 e. The Bertz CT molecular complexity index is 1020. The van der Waals surface area contributed by atoms with Crippen molar-refractivity contribution < 1.29 is 22.7 Å². The summed E-state index contributed by atoms with van der Waals surface area (Å²) in [5.74, 6) is -0.413. The molecule has 2 N–H and O–H groups in total. The summed E-state index contributed by atoms with van der Waals surface area (Å²) < 4.78 is 32.8. The van der Waals surface area contributed by atoms with Crippen molar-refractivity contribution in [3.63, 3.8) is 0 Å². The summed E-state index contributed by atoms with van der Waals surface area (Å²) in [5, 5.41) is 7.47. The number of anilines is 1. The first-order valence-electron chi connectivity index (χ1n) is 9.30. The topological polar surface area (TPSA) is 105 Å². The highest BCUT2D eigenvalue weighted by atomic mass is 32.2. The molecule has 1 atom stereocenters. The maximum Gasteiger partial charge on any atom is 0.262 e. The van der Waals surface area contributed by atoms with Crippen LogP contribution in [0.25, 0.3) is 0 Å². The molecule has 0 saturated carbocycles. The highest BCUT2D eigenvalue weighted by molar-refractivity contribution is 7.89. The van der Waals surface area contributed by atoms with E-state index in [2.05, 4.69) is 10.6 Å². The van der Waals surface area contributed by atoms with E-state index in [0.29, 0.717) is 37.4 Å². The molecule has 2 aliphatic rings. The second kappa shape index (κ2) is 8.13. The molecule has 1 unspecified atom stereocenters. The number of fused-ring (bicyclic) bond motifs is 1. The van der Waals surface area contributed by atoms with Gasteiger partial charge in [-0.05, 0) is 42.5 Å². The Labute approximate surface area is 172 Å². The van der Waals surface area contributed by atoms with Crippen LogP contribution in [0.4, 0.5) is 5.69 Å². The molecule has 1 aromatic carbocycles. The SMILES string of the molecule is O=C1COc2ccc(S(=O)(=O)N3CCCC(C(=O)NCc4cccs4)C3)cc2N1. The van der Waals surface area contributed by atoms with Gasteiger partial charge in [-0.2, -0.15) is 4.31 Å². The van der Waals surface area contributed by atoms with E-state index in [1.807, 2.05) is 17.5 Å². The van der Waals surface area contributed by atoms with Gasteiger partial charge < -0.3 is 15.4 Å². The lowest BCUT2D eigenvalue weighted by Crippen LogP contribution is -2.45. The summed E-state index contributed by atoms with van der Waals surface area (Å²) in [7, 11) is -3.79. The smallest absolute Gasteiger partial charge is 0.262 e. The molecule has 1 aromatic heterocycles. The number of rotatable bonds is 5. The molecular weight excluding hydrogens is 414 g/mol. The van der Waals surface area contributed by atoms with Gasteiger partial charge in [-0.25, -0.2) is 8.42 Å². The molecule has 1 saturated heterocycles. The van der Waals surface area contributed by atoms with Crippen LogP contribution in [-0.4, -0.2) is 44.2 Å². The van der Waals surface area contributed by atoms with E-state index in [-0.39, 0.29) is 35.8 Å². The number of hydrogen-bond acceptors (Lipinski definition) is 6. The van der Waals surface area contributed by atoms with Crippen LogP contribution in [0.2, 0.25) is 0 Å². The number of sulfonamides is 1. The summed E-state index contributed by atoms with van der Waals surface area (Å²) in [4.78, 5) is 25.2. The number of amides is 2. The molecule has 0 radical (unpaired) electrons. The number of benzene rings is 1.